The number of amides is 1. The van der Waals surface area contributed by atoms with Crippen molar-refractivity contribution in [2.24, 2.45) is 0 Å². The third-order valence-electron chi connectivity index (χ3n) is 3.19. The van der Waals surface area contributed by atoms with Gasteiger partial charge in [-0.2, -0.15) is 0 Å². The molecule has 122 valence electrons. The van der Waals surface area contributed by atoms with Crippen LogP contribution in [0.1, 0.15) is 11.1 Å². The molecular formula is C16H17FN2O3S. The van der Waals surface area contributed by atoms with Gasteiger partial charge in [0.25, 0.3) is 0 Å². The van der Waals surface area contributed by atoms with E-state index in [1.165, 1.54) is 13.0 Å². The molecule has 2 aromatic carbocycles. The van der Waals surface area contributed by atoms with Gasteiger partial charge in [-0.25, -0.2) is 17.5 Å². The van der Waals surface area contributed by atoms with E-state index in [-0.39, 0.29) is 17.0 Å². The number of carbonyl (C=O) groups is 1. The van der Waals surface area contributed by atoms with Gasteiger partial charge in [0.2, 0.25) is 15.9 Å². The van der Waals surface area contributed by atoms with Crippen LogP contribution >= 0.6 is 0 Å². The van der Waals surface area contributed by atoms with Crippen molar-refractivity contribution >= 4 is 15.9 Å². The van der Waals surface area contributed by atoms with Gasteiger partial charge in [0.1, 0.15) is 5.82 Å². The molecule has 23 heavy (non-hydrogen) atoms. The van der Waals surface area contributed by atoms with Crippen LogP contribution in [0.2, 0.25) is 0 Å². The largest absolute Gasteiger partial charge is 0.351 e. The second-order valence-electron chi connectivity index (χ2n) is 5.00. The van der Waals surface area contributed by atoms with E-state index in [9.17, 15) is 17.6 Å². The fourth-order valence-electron chi connectivity index (χ4n) is 1.89. The Bertz CT molecular complexity index is 792. The molecule has 0 aromatic heterocycles. The fraction of sp³-hybridized carbons (Fsp3) is 0.188. The standard InChI is InChI=1S/C16H17FN2O3S/c1-12-9-14(7-8-15(12)17)23(21,22)19-11-16(20)18-10-13-5-3-2-4-6-13/h2-9,19H,10-11H2,1H3,(H,18,20). The van der Waals surface area contributed by atoms with Crippen LogP contribution in [0.3, 0.4) is 0 Å². The molecule has 0 fully saturated rings. The predicted octanol–water partition coefficient (Wildman–Crippen LogP) is 1.73. The number of hydrogen-bond acceptors (Lipinski definition) is 3. The number of rotatable bonds is 6. The lowest BCUT2D eigenvalue weighted by Crippen LogP contribution is -2.36. The van der Waals surface area contributed by atoms with Gasteiger partial charge in [-0.1, -0.05) is 30.3 Å². The minimum atomic E-state index is -3.86. The first kappa shape index (κ1) is 17.1. The van der Waals surface area contributed by atoms with Crippen molar-refractivity contribution in [1.29, 1.82) is 0 Å². The molecule has 0 spiro atoms. The lowest BCUT2D eigenvalue weighted by molar-refractivity contribution is -0.120. The predicted molar refractivity (Wildman–Crippen MR) is 84.6 cm³/mol. The van der Waals surface area contributed by atoms with E-state index in [4.69, 9.17) is 0 Å². The maximum atomic E-state index is 13.2. The van der Waals surface area contributed by atoms with E-state index >= 15 is 0 Å². The minimum absolute atomic E-state index is 0.0766. The van der Waals surface area contributed by atoms with Crippen LogP contribution in [0.25, 0.3) is 0 Å². The number of nitrogens with one attached hydrogen (secondary N) is 2. The molecule has 0 atom stereocenters. The van der Waals surface area contributed by atoms with Gasteiger partial charge < -0.3 is 5.32 Å². The SMILES string of the molecule is Cc1cc(S(=O)(=O)NCC(=O)NCc2ccccc2)ccc1F. The maximum absolute atomic E-state index is 13.2. The molecule has 0 aliphatic heterocycles. The minimum Gasteiger partial charge on any atom is -0.351 e. The van der Waals surface area contributed by atoms with Crippen molar-refractivity contribution in [1.82, 2.24) is 10.0 Å². The molecule has 0 saturated heterocycles. The zero-order valence-corrected chi connectivity index (χ0v) is 13.4. The molecule has 0 saturated carbocycles. The monoisotopic (exact) mass is 336 g/mol. The molecule has 2 rings (SSSR count). The van der Waals surface area contributed by atoms with Crippen LogP contribution in [0, 0.1) is 12.7 Å². The van der Waals surface area contributed by atoms with Crippen LogP contribution in [-0.4, -0.2) is 20.9 Å². The second-order valence-corrected chi connectivity index (χ2v) is 6.76. The highest BCUT2D eigenvalue weighted by Crippen LogP contribution is 2.13. The number of halogens is 1. The van der Waals surface area contributed by atoms with Gasteiger partial charge in [0.15, 0.2) is 0 Å². The molecule has 0 unspecified atom stereocenters. The quantitative estimate of drug-likeness (QED) is 0.843. The first-order chi connectivity index (χ1) is 10.9. The summed E-state index contributed by atoms with van der Waals surface area (Å²) in [6.07, 6.45) is 0. The summed E-state index contributed by atoms with van der Waals surface area (Å²) in [7, 11) is -3.86. The van der Waals surface area contributed by atoms with Gasteiger partial charge >= 0.3 is 0 Å². The van der Waals surface area contributed by atoms with Gasteiger partial charge in [0.05, 0.1) is 11.4 Å². The van der Waals surface area contributed by atoms with Gasteiger partial charge in [-0.15, -0.1) is 0 Å². The van der Waals surface area contributed by atoms with E-state index in [2.05, 4.69) is 10.0 Å². The summed E-state index contributed by atoms with van der Waals surface area (Å²) < 4.78 is 39.5. The molecule has 1 amide bonds. The summed E-state index contributed by atoms with van der Waals surface area (Å²) in [6.45, 7) is 1.41. The highest BCUT2D eigenvalue weighted by atomic mass is 32.2. The fourth-order valence-corrected chi connectivity index (χ4v) is 2.95. The van der Waals surface area contributed by atoms with Crippen molar-refractivity contribution < 1.29 is 17.6 Å². The maximum Gasteiger partial charge on any atom is 0.241 e. The molecule has 5 nitrogen and oxygen atoms in total. The molecule has 2 N–H and O–H groups in total. The Hall–Kier alpha value is -2.25. The number of benzene rings is 2. The Morgan fingerprint density at radius 1 is 1.13 bits per heavy atom. The molecule has 0 radical (unpaired) electrons. The number of hydrogen-bond donors (Lipinski definition) is 2. The van der Waals surface area contributed by atoms with E-state index in [1.54, 1.807) is 0 Å². The van der Waals surface area contributed by atoms with Crippen molar-refractivity contribution in [2.45, 2.75) is 18.4 Å². The highest BCUT2D eigenvalue weighted by molar-refractivity contribution is 7.89. The zero-order chi connectivity index (χ0) is 16.9. The first-order valence-electron chi connectivity index (χ1n) is 6.95. The Balaban J connectivity index is 1.91. The smallest absolute Gasteiger partial charge is 0.241 e. The van der Waals surface area contributed by atoms with Crippen LogP contribution in [0.5, 0.6) is 0 Å². The normalized spacial score (nSPS) is 11.2. The van der Waals surface area contributed by atoms with Crippen LogP contribution in [0.4, 0.5) is 4.39 Å². The van der Waals surface area contributed by atoms with Gasteiger partial charge in [-0.05, 0) is 36.2 Å². The van der Waals surface area contributed by atoms with Crippen molar-refractivity contribution in [2.75, 3.05) is 6.54 Å². The summed E-state index contributed by atoms with van der Waals surface area (Å²) in [4.78, 5) is 11.6. The summed E-state index contributed by atoms with van der Waals surface area (Å²) >= 11 is 0. The average molecular weight is 336 g/mol. The van der Waals surface area contributed by atoms with E-state index in [0.717, 1.165) is 17.7 Å². The molecular weight excluding hydrogens is 319 g/mol. The van der Waals surface area contributed by atoms with Gasteiger partial charge in [0, 0.05) is 6.54 Å². The molecule has 2 aromatic rings. The molecule has 0 aliphatic rings. The van der Waals surface area contributed by atoms with Crippen molar-refractivity contribution in [3.63, 3.8) is 0 Å². The lowest BCUT2D eigenvalue weighted by Gasteiger charge is -2.09. The Morgan fingerprint density at radius 3 is 2.48 bits per heavy atom. The van der Waals surface area contributed by atoms with Crippen LogP contribution in [0.15, 0.2) is 53.4 Å². The average Bonchev–Trinajstić information content (AvgIpc) is 2.54. The lowest BCUT2D eigenvalue weighted by atomic mass is 10.2. The summed E-state index contributed by atoms with van der Waals surface area (Å²) in [6, 6.07) is 12.7. The molecule has 0 bridgehead atoms. The van der Waals surface area contributed by atoms with E-state index in [0.29, 0.717) is 6.54 Å². The summed E-state index contributed by atoms with van der Waals surface area (Å²) in [5, 5.41) is 2.62. The number of aryl methyl sites for hydroxylation is 1. The van der Waals surface area contributed by atoms with Crippen molar-refractivity contribution in [3.8, 4) is 0 Å². The van der Waals surface area contributed by atoms with Crippen LogP contribution < -0.4 is 10.0 Å². The summed E-state index contributed by atoms with van der Waals surface area (Å²) in [5.74, 6) is -0.930. The van der Waals surface area contributed by atoms with Crippen molar-refractivity contribution in [3.05, 3.63) is 65.5 Å². The topological polar surface area (TPSA) is 75.3 Å². The van der Waals surface area contributed by atoms with E-state index < -0.39 is 21.7 Å². The zero-order valence-electron chi connectivity index (χ0n) is 12.5. The Kier molecular flexibility index (Phi) is 5.46. The molecule has 0 aliphatic carbocycles. The Labute approximate surface area is 134 Å². The second kappa shape index (κ2) is 7.34. The summed E-state index contributed by atoms with van der Waals surface area (Å²) in [5.41, 5.74) is 1.14. The Morgan fingerprint density at radius 2 is 1.83 bits per heavy atom. The van der Waals surface area contributed by atoms with E-state index in [1.807, 2.05) is 30.3 Å². The third-order valence-corrected chi connectivity index (χ3v) is 4.59. The number of sulfonamides is 1. The highest BCUT2D eigenvalue weighted by Gasteiger charge is 2.16. The number of carbonyl (C=O) groups excluding carboxylic acids is 1. The molecule has 7 heteroatoms. The van der Waals surface area contributed by atoms with Gasteiger partial charge in [-0.3, -0.25) is 4.79 Å². The first-order valence-corrected chi connectivity index (χ1v) is 8.43. The third kappa shape index (κ3) is 4.87. The van der Waals surface area contributed by atoms with Crippen LogP contribution in [-0.2, 0) is 21.4 Å². The molecule has 0 heterocycles.